The maximum atomic E-state index is 12.7. The lowest BCUT2D eigenvalue weighted by molar-refractivity contribution is 0.0939. The Kier molecular flexibility index (Phi) is 7.93. The minimum Gasteiger partial charge on any atom is -0.497 e. The van der Waals surface area contributed by atoms with Gasteiger partial charge in [0.2, 0.25) is 0 Å². The second-order valence-corrected chi connectivity index (χ2v) is 4.61. The number of carbonyl (C=O) groups is 2. The Bertz CT molecular complexity index is 767. The first-order valence-electron chi connectivity index (χ1n) is 7.07. The molecule has 2 aromatic rings. The molecule has 0 atom stereocenters. The van der Waals surface area contributed by atoms with Crippen LogP contribution in [0.15, 0.2) is 36.4 Å². The van der Waals surface area contributed by atoms with Crippen molar-refractivity contribution in [3.05, 3.63) is 59.2 Å². The van der Waals surface area contributed by atoms with Gasteiger partial charge in [0.25, 0.3) is 11.8 Å². The molecule has 2 amide bonds. The van der Waals surface area contributed by atoms with E-state index in [9.17, 15) is 18.4 Å². The predicted octanol–water partition coefficient (Wildman–Crippen LogP) is 0.876. The highest BCUT2D eigenvalue weighted by molar-refractivity contribution is 5.97. The zero-order valence-corrected chi connectivity index (χ0v) is 14.0. The quantitative estimate of drug-likeness (QED) is 0.360. The number of hydrogen-bond donors (Lipinski definition) is 4. The van der Waals surface area contributed by atoms with E-state index in [2.05, 4.69) is 0 Å². The van der Waals surface area contributed by atoms with Crippen LogP contribution in [0, 0.1) is 11.6 Å². The summed E-state index contributed by atoms with van der Waals surface area (Å²) in [7, 11) is 3.00. The Hall–Kier alpha value is -3.24. The van der Waals surface area contributed by atoms with Crippen molar-refractivity contribution in [3.8, 4) is 11.5 Å². The third-order valence-corrected chi connectivity index (χ3v) is 3.10. The number of carbonyl (C=O) groups excluding carboxylic acids is 2. The topological polar surface area (TPSA) is 129 Å². The van der Waals surface area contributed by atoms with Crippen LogP contribution >= 0.6 is 0 Å². The Balaban J connectivity index is 0.000000263. The normalized spacial score (nSPS) is 9.46. The fraction of sp³-hybridized carbons (Fsp3) is 0.125. The van der Waals surface area contributed by atoms with Gasteiger partial charge in [-0.1, -0.05) is 6.07 Å². The number of hydrogen-bond acceptors (Lipinski definition) is 6. The van der Waals surface area contributed by atoms with E-state index in [4.69, 9.17) is 21.2 Å². The molecule has 8 nitrogen and oxygen atoms in total. The number of nitrogen functional groups attached to an aromatic ring is 2. The first-order chi connectivity index (χ1) is 12.4. The Morgan fingerprint density at radius 2 is 1.50 bits per heavy atom. The molecule has 140 valence electrons. The minimum absolute atomic E-state index is 0.342. The van der Waals surface area contributed by atoms with Crippen LogP contribution in [0.25, 0.3) is 0 Å². The van der Waals surface area contributed by atoms with Crippen molar-refractivity contribution in [1.82, 2.24) is 10.9 Å². The van der Waals surface area contributed by atoms with Crippen LogP contribution in [0.2, 0.25) is 0 Å². The van der Waals surface area contributed by atoms with E-state index in [-0.39, 0.29) is 0 Å². The van der Waals surface area contributed by atoms with E-state index >= 15 is 0 Å². The van der Waals surface area contributed by atoms with Gasteiger partial charge in [-0.2, -0.15) is 0 Å². The summed E-state index contributed by atoms with van der Waals surface area (Å²) in [6.07, 6.45) is 0. The number of halogens is 2. The van der Waals surface area contributed by atoms with E-state index in [1.54, 1.807) is 23.6 Å². The molecule has 0 aliphatic heterocycles. The van der Waals surface area contributed by atoms with Crippen molar-refractivity contribution >= 4 is 11.8 Å². The van der Waals surface area contributed by atoms with Gasteiger partial charge < -0.3 is 9.47 Å². The zero-order valence-electron chi connectivity index (χ0n) is 14.0. The minimum atomic E-state index is -0.981. The molecule has 6 N–H and O–H groups in total. The summed E-state index contributed by atoms with van der Waals surface area (Å²) >= 11 is 0. The van der Waals surface area contributed by atoms with Gasteiger partial charge in [-0.15, -0.1) is 0 Å². The van der Waals surface area contributed by atoms with Crippen LogP contribution in [-0.4, -0.2) is 26.0 Å². The third-order valence-electron chi connectivity index (χ3n) is 3.10. The lowest BCUT2D eigenvalue weighted by atomic mass is 10.2. The van der Waals surface area contributed by atoms with Crippen molar-refractivity contribution in [1.29, 1.82) is 0 Å². The van der Waals surface area contributed by atoms with E-state index in [1.165, 1.54) is 14.2 Å². The molecular weight excluding hydrogens is 350 g/mol. The van der Waals surface area contributed by atoms with E-state index in [1.807, 2.05) is 5.43 Å². The second-order valence-electron chi connectivity index (χ2n) is 4.61. The number of ether oxygens (including phenoxy) is 2. The maximum Gasteiger partial charge on any atom is 0.271 e. The molecule has 10 heteroatoms. The fourth-order valence-electron chi connectivity index (χ4n) is 1.86. The molecule has 0 saturated heterocycles. The maximum absolute atomic E-state index is 12.7. The summed E-state index contributed by atoms with van der Waals surface area (Å²) in [5.41, 5.74) is 3.35. The second kappa shape index (κ2) is 9.91. The van der Waals surface area contributed by atoms with Gasteiger partial charge in [-0.05, 0) is 30.3 Å². The van der Waals surface area contributed by atoms with Gasteiger partial charge >= 0.3 is 0 Å². The molecule has 0 heterocycles. The molecular formula is C16H18F2N4O4. The first kappa shape index (κ1) is 20.8. The van der Waals surface area contributed by atoms with Gasteiger partial charge in [0.05, 0.1) is 19.8 Å². The van der Waals surface area contributed by atoms with Crippen molar-refractivity contribution in [2.24, 2.45) is 11.7 Å². The molecule has 26 heavy (non-hydrogen) atoms. The van der Waals surface area contributed by atoms with Crippen LogP contribution in [0.5, 0.6) is 11.5 Å². The monoisotopic (exact) mass is 368 g/mol. The number of benzene rings is 2. The summed E-state index contributed by atoms with van der Waals surface area (Å²) in [5, 5.41) is 0. The highest BCUT2D eigenvalue weighted by Gasteiger charge is 2.15. The molecule has 0 fully saturated rings. The van der Waals surface area contributed by atoms with Crippen LogP contribution in [-0.2, 0) is 0 Å². The molecule has 0 aliphatic rings. The Labute approximate surface area is 148 Å². The molecule has 0 saturated carbocycles. The zero-order chi connectivity index (χ0) is 19.7. The Morgan fingerprint density at radius 3 is 1.96 bits per heavy atom. The van der Waals surface area contributed by atoms with Crippen molar-refractivity contribution in [2.75, 3.05) is 14.2 Å². The van der Waals surface area contributed by atoms with Gasteiger partial charge in [0.1, 0.15) is 28.7 Å². The van der Waals surface area contributed by atoms with E-state index < -0.39 is 29.0 Å². The van der Waals surface area contributed by atoms with Gasteiger partial charge in [-0.25, -0.2) is 20.5 Å². The van der Waals surface area contributed by atoms with E-state index in [0.717, 1.165) is 18.2 Å². The molecule has 2 rings (SSSR count). The molecule has 2 aromatic carbocycles. The summed E-state index contributed by atoms with van der Waals surface area (Å²) < 4.78 is 35.4. The van der Waals surface area contributed by atoms with Gasteiger partial charge in [0.15, 0.2) is 0 Å². The molecule has 0 spiro atoms. The van der Waals surface area contributed by atoms with Gasteiger partial charge in [0, 0.05) is 0 Å². The molecule has 0 unspecified atom stereocenters. The summed E-state index contributed by atoms with van der Waals surface area (Å²) in [6, 6.07) is 8.02. The molecule has 0 radical (unpaired) electrons. The van der Waals surface area contributed by atoms with Crippen molar-refractivity contribution in [3.63, 3.8) is 0 Å². The van der Waals surface area contributed by atoms with Crippen molar-refractivity contribution < 1.29 is 27.8 Å². The largest absolute Gasteiger partial charge is 0.497 e. The van der Waals surface area contributed by atoms with Crippen molar-refractivity contribution in [2.45, 2.75) is 0 Å². The fourth-order valence-corrected chi connectivity index (χ4v) is 1.86. The number of nitrogens with one attached hydrogen (secondary N) is 2. The molecule has 0 aliphatic carbocycles. The van der Waals surface area contributed by atoms with Crippen LogP contribution in [0.4, 0.5) is 8.78 Å². The first-order valence-corrected chi connectivity index (χ1v) is 7.07. The number of methoxy groups -OCH3 is 2. The van der Waals surface area contributed by atoms with Gasteiger partial charge in [-0.3, -0.25) is 20.4 Å². The summed E-state index contributed by atoms with van der Waals surface area (Å²) in [6.45, 7) is 0. The highest BCUT2D eigenvalue weighted by atomic mass is 19.1. The van der Waals surface area contributed by atoms with Crippen LogP contribution in [0.1, 0.15) is 20.7 Å². The summed E-state index contributed by atoms with van der Waals surface area (Å²) in [5.74, 6) is 7.50. The molecule has 0 bridgehead atoms. The lowest BCUT2D eigenvalue weighted by Crippen LogP contribution is -2.31. The highest BCUT2D eigenvalue weighted by Crippen LogP contribution is 2.23. The summed E-state index contributed by atoms with van der Waals surface area (Å²) in [4.78, 5) is 22.0. The number of amides is 2. The Morgan fingerprint density at radius 1 is 0.923 bits per heavy atom. The number of hydrazine groups is 2. The molecule has 0 aromatic heterocycles. The lowest BCUT2D eigenvalue weighted by Gasteiger charge is -2.08. The van der Waals surface area contributed by atoms with Crippen LogP contribution < -0.4 is 32.0 Å². The van der Waals surface area contributed by atoms with E-state index in [0.29, 0.717) is 17.1 Å². The standard InChI is InChI=1S/C9H12N2O3.C7H6F2N2O/c1-13-6-3-4-8(14-2)7(5-6)9(12)11-10;8-4-2-1-3-5(9)6(4)7(12)11-10/h3-5H,10H2,1-2H3,(H,11,12);1-3H,10H2,(H,11,12). The average Bonchev–Trinajstić information content (AvgIpc) is 2.66. The third kappa shape index (κ3) is 5.13. The number of rotatable bonds is 4. The smallest absolute Gasteiger partial charge is 0.271 e. The average molecular weight is 368 g/mol. The SMILES string of the molecule is COc1ccc(OC)c(C(=O)NN)c1.NNC(=O)c1c(F)cccc1F. The predicted molar refractivity (Wildman–Crippen MR) is 89.2 cm³/mol. The van der Waals surface area contributed by atoms with Crippen LogP contribution in [0.3, 0.4) is 0 Å². The number of nitrogens with two attached hydrogens (primary N) is 2.